The number of amides is 1. The van der Waals surface area contributed by atoms with Crippen molar-refractivity contribution in [3.05, 3.63) is 34.3 Å². The van der Waals surface area contributed by atoms with Crippen LogP contribution in [0.5, 0.6) is 0 Å². The van der Waals surface area contributed by atoms with Crippen LogP contribution in [-0.4, -0.2) is 16.8 Å². The van der Waals surface area contributed by atoms with Gasteiger partial charge < -0.3 is 5.32 Å². The number of carbonyl (C=O) groups excluding carboxylic acids is 1. The largest absolute Gasteiger partial charge is 0.306 e. The number of nitrogens with one attached hydrogen (secondary N) is 1. The van der Waals surface area contributed by atoms with Crippen LogP contribution < -0.4 is 5.32 Å². The van der Waals surface area contributed by atoms with Gasteiger partial charge in [0, 0.05) is 17.1 Å². The van der Waals surface area contributed by atoms with E-state index in [9.17, 15) is 4.79 Å². The summed E-state index contributed by atoms with van der Waals surface area (Å²) < 4.78 is 1.03. The second-order valence-electron chi connectivity index (χ2n) is 5.02. The number of thioether (sulfide) groups is 1. The summed E-state index contributed by atoms with van der Waals surface area (Å²) in [5.74, 6) is 1.40. The molecule has 0 radical (unpaired) electrons. The zero-order chi connectivity index (χ0) is 15.1. The predicted octanol–water partition coefficient (Wildman–Crippen LogP) is 4.39. The molecule has 1 aromatic carbocycles. The lowest BCUT2D eigenvalue weighted by molar-refractivity contribution is -0.117. The Hall–Kier alpha value is -0.810. The molecule has 0 saturated heterocycles. The van der Waals surface area contributed by atoms with Crippen LogP contribution in [0.2, 0.25) is 0 Å². The Morgan fingerprint density at radius 1 is 1.35 bits per heavy atom. The first-order valence-electron chi connectivity index (χ1n) is 6.62. The fourth-order valence-electron chi connectivity index (χ4n) is 1.56. The molecular weight excluding hydrogens is 336 g/mol. The van der Waals surface area contributed by atoms with Gasteiger partial charge >= 0.3 is 0 Å². The molecule has 0 saturated carbocycles. The number of rotatable bonds is 4. The second kappa shape index (κ2) is 8.47. The molecule has 1 aromatic rings. The number of aliphatic imine (C=N–C) groups is 1. The first kappa shape index (κ1) is 17.2. The molecule has 0 bridgehead atoms. The molecule has 110 valence electrons. The topological polar surface area (TPSA) is 41.5 Å². The molecule has 3 nitrogen and oxygen atoms in total. The molecule has 1 amide bonds. The fraction of sp³-hybridized carbons (Fsp3) is 0.467. The minimum absolute atomic E-state index is 0.00733. The van der Waals surface area contributed by atoms with Gasteiger partial charge in [-0.3, -0.25) is 9.79 Å². The first-order valence-corrected chi connectivity index (χ1v) is 8.40. The van der Waals surface area contributed by atoms with Crippen molar-refractivity contribution in [2.75, 3.05) is 5.75 Å². The standard InChI is InChI=1S/C15H21BrN2OS/c1-10(2)9-20-15(18-12(4)19)17-11(3)13-7-5-6-8-14(13)16/h5-8,10-11H,9H2,1-4H3,(H,17,18,19)/t11-/m0/s1. The highest BCUT2D eigenvalue weighted by Crippen LogP contribution is 2.26. The second-order valence-corrected chi connectivity index (χ2v) is 6.88. The third-order valence-electron chi connectivity index (χ3n) is 2.50. The lowest BCUT2D eigenvalue weighted by Gasteiger charge is -2.13. The molecule has 0 aliphatic carbocycles. The van der Waals surface area contributed by atoms with Crippen LogP contribution in [0.15, 0.2) is 33.7 Å². The van der Waals surface area contributed by atoms with Gasteiger partial charge in [-0.05, 0) is 24.5 Å². The van der Waals surface area contributed by atoms with Crippen molar-refractivity contribution in [2.45, 2.75) is 33.7 Å². The van der Waals surface area contributed by atoms with Crippen molar-refractivity contribution >= 4 is 38.8 Å². The number of benzene rings is 1. The van der Waals surface area contributed by atoms with Crippen LogP contribution in [-0.2, 0) is 4.79 Å². The Morgan fingerprint density at radius 3 is 2.55 bits per heavy atom. The van der Waals surface area contributed by atoms with E-state index in [-0.39, 0.29) is 11.9 Å². The summed E-state index contributed by atoms with van der Waals surface area (Å²) in [6.45, 7) is 7.83. The first-order chi connectivity index (χ1) is 9.40. The SMILES string of the molecule is CC(=O)NC(=N[C@@H](C)c1ccccc1Br)SCC(C)C. The number of nitrogens with zero attached hydrogens (tertiary/aromatic N) is 1. The van der Waals surface area contributed by atoms with E-state index in [1.807, 2.05) is 31.2 Å². The number of carbonyl (C=O) groups is 1. The van der Waals surface area contributed by atoms with Gasteiger partial charge in [0.15, 0.2) is 5.17 Å². The monoisotopic (exact) mass is 356 g/mol. The summed E-state index contributed by atoms with van der Waals surface area (Å²) in [7, 11) is 0. The maximum absolute atomic E-state index is 11.3. The Balaban J connectivity index is 2.88. The molecule has 0 fully saturated rings. The summed E-state index contributed by atoms with van der Waals surface area (Å²) >= 11 is 5.13. The Morgan fingerprint density at radius 2 is 2.00 bits per heavy atom. The molecule has 1 atom stereocenters. The van der Waals surface area contributed by atoms with E-state index >= 15 is 0 Å². The average molecular weight is 357 g/mol. The molecule has 20 heavy (non-hydrogen) atoms. The molecule has 0 aliphatic rings. The lowest BCUT2D eigenvalue weighted by Crippen LogP contribution is -2.26. The zero-order valence-electron chi connectivity index (χ0n) is 12.3. The van der Waals surface area contributed by atoms with Gasteiger partial charge in [-0.25, -0.2) is 0 Å². The Kier molecular flexibility index (Phi) is 7.30. The van der Waals surface area contributed by atoms with Crippen molar-refractivity contribution in [1.29, 1.82) is 0 Å². The quantitative estimate of drug-likeness (QED) is 0.641. The highest BCUT2D eigenvalue weighted by Gasteiger charge is 2.11. The van der Waals surface area contributed by atoms with Crippen LogP contribution >= 0.6 is 27.7 Å². The summed E-state index contributed by atoms with van der Waals surface area (Å²) in [4.78, 5) is 15.9. The number of hydrogen-bond acceptors (Lipinski definition) is 3. The Bertz CT molecular complexity index is 489. The number of halogens is 1. The molecular formula is C15H21BrN2OS. The summed E-state index contributed by atoms with van der Waals surface area (Å²) in [6, 6.07) is 8.00. The van der Waals surface area contributed by atoms with Crippen LogP contribution in [0.1, 0.15) is 39.3 Å². The fourth-order valence-corrected chi connectivity index (χ4v) is 3.12. The van der Waals surface area contributed by atoms with E-state index in [0.29, 0.717) is 11.1 Å². The van der Waals surface area contributed by atoms with Gasteiger partial charge in [-0.1, -0.05) is 59.7 Å². The van der Waals surface area contributed by atoms with Crippen LogP contribution in [0.4, 0.5) is 0 Å². The average Bonchev–Trinajstić information content (AvgIpc) is 2.35. The predicted molar refractivity (Wildman–Crippen MR) is 91.1 cm³/mol. The van der Waals surface area contributed by atoms with Gasteiger partial charge in [-0.2, -0.15) is 0 Å². The van der Waals surface area contributed by atoms with E-state index in [1.54, 1.807) is 11.8 Å². The van der Waals surface area contributed by atoms with Gasteiger partial charge in [0.1, 0.15) is 0 Å². The summed E-state index contributed by atoms with van der Waals surface area (Å²) in [6.07, 6.45) is 0. The molecule has 0 unspecified atom stereocenters. The highest BCUT2D eigenvalue weighted by molar-refractivity contribution is 9.10. The number of amidine groups is 1. The van der Waals surface area contributed by atoms with Crippen molar-refractivity contribution in [2.24, 2.45) is 10.9 Å². The lowest BCUT2D eigenvalue weighted by atomic mass is 10.1. The van der Waals surface area contributed by atoms with E-state index in [1.165, 1.54) is 6.92 Å². The van der Waals surface area contributed by atoms with Crippen molar-refractivity contribution in [3.8, 4) is 0 Å². The van der Waals surface area contributed by atoms with Crippen LogP contribution in [0, 0.1) is 5.92 Å². The van der Waals surface area contributed by atoms with E-state index in [4.69, 9.17) is 0 Å². The van der Waals surface area contributed by atoms with Crippen molar-refractivity contribution in [1.82, 2.24) is 5.32 Å². The minimum Gasteiger partial charge on any atom is -0.306 e. The molecule has 0 heterocycles. The van der Waals surface area contributed by atoms with Gasteiger partial charge in [0.05, 0.1) is 6.04 Å². The minimum atomic E-state index is -0.0840. The van der Waals surface area contributed by atoms with E-state index in [2.05, 4.69) is 40.1 Å². The summed E-state index contributed by atoms with van der Waals surface area (Å²) in [5, 5.41) is 3.50. The third kappa shape index (κ3) is 6.09. The van der Waals surface area contributed by atoms with Gasteiger partial charge in [-0.15, -0.1) is 0 Å². The normalized spacial score (nSPS) is 13.4. The third-order valence-corrected chi connectivity index (χ3v) is 4.54. The number of hydrogen-bond donors (Lipinski definition) is 1. The van der Waals surface area contributed by atoms with Gasteiger partial charge in [0.25, 0.3) is 0 Å². The molecule has 1 N–H and O–H groups in total. The zero-order valence-corrected chi connectivity index (χ0v) is 14.7. The molecule has 5 heteroatoms. The van der Waals surface area contributed by atoms with Crippen LogP contribution in [0.25, 0.3) is 0 Å². The molecule has 0 aromatic heterocycles. The maximum atomic E-state index is 11.3. The maximum Gasteiger partial charge on any atom is 0.222 e. The smallest absolute Gasteiger partial charge is 0.222 e. The Labute approximate surface area is 133 Å². The van der Waals surface area contributed by atoms with Gasteiger partial charge in [0.2, 0.25) is 5.91 Å². The summed E-state index contributed by atoms with van der Waals surface area (Å²) in [5.41, 5.74) is 1.11. The van der Waals surface area contributed by atoms with E-state index in [0.717, 1.165) is 15.8 Å². The van der Waals surface area contributed by atoms with Crippen molar-refractivity contribution in [3.63, 3.8) is 0 Å². The van der Waals surface area contributed by atoms with Crippen LogP contribution in [0.3, 0.4) is 0 Å². The molecule has 0 spiro atoms. The molecule has 0 aliphatic heterocycles. The highest BCUT2D eigenvalue weighted by atomic mass is 79.9. The molecule has 1 rings (SSSR count). The van der Waals surface area contributed by atoms with Crippen molar-refractivity contribution < 1.29 is 4.79 Å². The van der Waals surface area contributed by atoms with E-state index < -0.39 is 0 Å².